The van der Waals surface area contributed by atoms with Crippen molar-refractivity contribution in [2.75, 3.05) is 0 Å². The maximum atomic E-state index is 11.5. The lowest BCUT2D eigenvalue weighted by Crippen LogP contribution is -2.27. The zero-order chi connectivity index (χ0) is 10.1. The Balaban J connectivity index is 2.06. The molecule has 2 rings (SSSR count). The van der Waals surface area contributed by atoms with Gasteiger partial charge in [-0.3, -0.25) is 4.79 Å². The fourth-order valence-corrected chi connectivity index (χ4v) is 1.79. The predicted molar refractivity (Wildman–Crippen MR) is 56.2 cm³/mol. The molecule has 1 aromatic carbocycles. The van der Waals surface area contributed by atoms with Crippen LogP contribution in [-0.2, 0) is 4.79 Å². The molecule has 14 heavy (non-hydrogen) atoms. The van der Waals surface area contributed by atoms with Gasteiger partial charge in [-0.2, -0.15) is 0 Å². The monoisotopic (exact) mass is 189 g/mol. The van der Waals surface area contributed by atoms with Gasteiger partial charge in [0.05, 0.1) is 12.0 Å². The Kier molecular flexibility index (Phi) is 2.38. The standard InChI is InChI=1S/C12H15NO/c1-8(2)13-11-10(12(11)14)9-6-4-3-5-7-9/h3-8,10-11,13H,1-2H3. The van der Waals surface area contributed by atoms with Crippen LogP contribution in [0.1, 0.15) is 25.3 Å². The second-order valence-electron chi connectivity index (χ2n) is 4.09. The Morgan fingerprint density at radius 2 is 1.86 bits per heavy atom. The number of rotatable bonds is 3. The molecular formula is C12H15NO. The molecule has 74 valence electrons. The average Bonchev–Trinajstić information content (AvgIpc) is 2.77. The third-order valence-corrected chi connectivity index (χ3v) is 2.51. The molecule has 0 saturated heterocycles. The second-order valence-corrected chi connectivity index (χ2v) is 4.09. The Labute approximate surface area is 84.3 Å². The molecule has 2 unspecified atom stereocenters. The zero-order valence-corrected chi connectivity index (χ0v) is 8.53. The molecule has 2 heteroatoms. The van der Waals surface area contributed by atoms with Crippen LogP contribution in [0.4, 0.5) is 0 Å². The van der Waals surface area contributed by atoms with Gasteiger partial charge in [-0.15, -0.1) is 0 Å². The van der Waals surface area contributed by atoms with Crippen molar-refractivity contribution in [1.82, 2.24) is 5.32 Å². The van der Waals surface area contributed by atoms with Gasteiger partial charge < -0.3 is 5.32 Å². The van der Waals surface area contributed by atoms with E-state index in [1.807, 2.05) is 30.3 Å². The van der Waals surface area contributed by atoms with Crippen molar-refractivity contribution < 1.29 is 4.79 Å². The van der Waals surface area contributed by atoms with Crippen LogP contribution in [0.2, 0.25) is 0 Å². The smallest absolute Gasteiger partial charge is 0.160 e. The fourth-order valence-electron chi connectivity index (χ4n) is 1.79. The van der Waals surface area contributed by atoms with E-state index in [-0.39, 0.29) is 12.0 Å². The van der Waals surface area contributed by atoms with Crippen molar-refractivity contribution in [2.24, 2.45) is 0 Å². The van der Waals surface area contributed by atoms with Gasteiger partial charge in [-0.1, -0.05) is 44.2 Å². The topological polar surface area (TPSA) is 29.1 Å². The van der Waals surface area contributed by atoms with Gasteiger partial charge in [0, 0.05) is 6.04 Å². The summed E-state index contributed by atoms with van der Waals surface area (Å²) < 4.78 is 0. The van der Waals surface area contributed by atoms with Gasteiger partial charge in [0.2, 0.25) is 0 Å². The molecule has 0 aliphatic heterocycles. The highest BCUT2D eigenvalue weighted by Gasteiger charge is 2.49. The molecule has 1 aliphatic carbocycles. The number of carbonyl (C=O) groups excluding carboxylic acids is 1. The van der Waals surface area contributed by atoms with Crippen LogP contribution in [0.25, 0.3) is 0 Å². The van der Waals surface area contributed by atoms with Crippen molar-refractivity contribution in [1.29, 1.82) is 0 Å². The molecule has 2 atom stereocenters. The molecule has 0 radical (unpaired) electrons. The van der Waals surface area contributed by atoms with E-state index < -0.39 is 0 Å². The van der Waals surface area contributed by atoms with E-state index in [4.69, 9.17) is 0 Å². The summed E-state index contributed by atoms with van der Waals surface area (Å²) in [7, 11) is 0. The minimum Gasteiger partial charge on any atom is -0.304 e. The van der Waals surface area contributed by atoms with E-state index in [0.29, 0.717) is 11.8 Å². The van der Waals surface area contributed by atoms with Gasteiger partial charge >= 0.3 is 0 Å². The van der Waals surface area contributed by atoms with Crippen LogP contribution in [-0.4, -0.2) is 17.9 Å². The SMILES string of the molecule is CC(C)NC1C(=O)C1c1ccccc1. The molecular weight excluding hydrogens is 174 g/mol. The second kappa shape index (κ2) is 3.54. The fraction of sp³-hybridized carbons (Fsp3) is 0.417. The van der Waals surface area contributed by atoms with E-state index in [0.717, 1.165) is 5.56 Å². The van der Waals surface area contributed by atoms with E-state index >= 15 is 0 Å². The van der Waals surface area contributed by atoms with E-state index in [1.165, 1.54) is 0 Å². The molecule has 0 heterocycles. The Morgan fingerprint density at radius 3 is 2.43 bits per heavy atom. The van der Waals surface area contributed by atoms with Crippen LogP contribution in [0.5, 0.6) is 0 Å². The summed E-state index contributed by atoms with van der Waals surface area (Å²) in [6, 6.07) is 10.4. The van der Waals surface area contributed by atoms with Gasteiger partial charge in [-0.05, 0) is 5.56 Å². The summed E-state index contributed by atoms with van der Waals surface area (Å²) in [5, 5.41) is 3.27. The first-order valence-corrected chi connectivity index (χ1v) is 5.05. The molecule has 0 aromatic heterocycles. The molecule has 0 bridgehead atoms. The van der Waals surface area contributed by atoms with E-state index in [9.17, 15) is 4.79 Å². The number of Topliss-reactive ketones (excluding diaryl/α,β-unsaturated/α-hetero) is 1. The number of benzene rings is 1. The van der Waals surface area contributed by atoms with E-state index in [1.54, 1.807) is 0 Å². The van der Waals surface area contributed by atoms with Crippen LogP contribution in [0, 0.1) is 0 Å². The van der Waals surface area contributed by atoms with Gasteiger partial charge in [0.25, 0.3) is 0 Å². The number of hydrogen-bond donors (Lipinski definition) is 1. The normalized spacial score (nSPS) is 25.5. The Bertz CT molecular complexity index is 331. The summed E-state index contributed by atoms with van der Waals surface area (Å²) in [5.41, 5.74) is 1.13. The average molecular weight is 189 g/mol. The maximum absolute atomic E-state index is 11.5. The van der Waals surface area contributed by atoms with Gasteiger partial charge in [0.1, 0.15) is 0 Å². The van der Waals surface area contributed by atoms with Crippen molar-refractivity contribution >= 4 is 5.78 Å². The molecule has 1 fully saturated rings. The first kappa shape index (κ1) is 9.41. The summed E-state index contributed by atoms with van der Waals surface area (Å²) in [5.74, 6) is 0.420. The van der Waals surface area contributed by atoms with Crippen molar-refractivity contribution in [3.8, 4) is 0 Å². The van der Waals surface area contributed by atoms with Crippen molar-refractivity contribution in [3.05, 3.63) is 35.9 Å². The summed E-state index contributed by atoms with van der Waals surface area (Å²) >= 11 is 0. The number of carbonyl (C=O) groups is 1. The predicted octanol–water partition coefficient (Wildman–Crippen LogP) is 1.72. The highest BCUT2D eigenvalue weighted by atomic mass is 16.1. The zero-order valence-electron chi connectivity index (χ0n) is 8.53. The lowest BCUT2D eigenvalue weighted by atomic mass is 10.1. The molecule has 1 aromatic rings. The molecule has 0 spiro atoms. The lowest BCUT2D eigenvalue weighted by molar-refractivity contribution is -0.111. The molecule has 2 nitrogen and oxygen atoms in total. The quantitative estimate of drug-likeness (QED) is 0.784. The largest absolute Gasteiger partial charge is 0.304 e. The van der Waals surface area contributed by atoms with Crippen LogP contribution in [0.15, 0.2) is 30.3 Å². The summed E-state index contributed by atoms with van der Waals surface area (Å²) in [4.78, 5) is 11.5. The van der Waals surface area contributed by atoms with Gasteiger partial charge in [-0.25, -0.2) is 0 Å². The third kappa shape index (κ3) is 1.70. The number of nitrogens with one attached hydrogen (secondary N) is 1. The van der Waals surface area contributed by atoms with Crippen LogP contribution in [0.3, 0.4) is 0 Å². The minimum absolute atomic E-state index is 0.0531. The van der Waals surface area contributed by atoms with Crippen LogP contribution < -0.4 is 5.32 Å². The summed E-state index contributed by atoms with van der Waals surface area (Å²) in [6.45, 7) is 4.13. The Morgan fingerprint density at radius 1 is 1.21 bits per heavy atom. The molecule has 1 aliphatic rings. The maximum Gasteiger partial charge on any atom is 0.160 e. The first-order chi connectivity index (χ1) is 6.70. The van der Waals surface area contributed by atoms with E-state index in [2.05, 4.69) is 19.2 Å². The molecule has 1 saturated carbocycles. The number of ketones is 1. The molecule has 0 amide bonds. The first-order valence-electron chi connectivity index (χ1n) is 5.05. The highest BCUT2D eigenvalue weighted by Crippen LogP contribution is 2.36. The third-order valence-electron chi connectivity index (χ3n) is 2.51. The van der Waals surface area contributed by atoms with Crippen LogP contribution >= 0.6 is 0 Å². The van der Waals surface area contributed by atoms with Crippen molar-refractivity contribution in [3.63, 3.8) is 0 Å². The van der Waals surface area contributed by atoms with Crippen molar-refractivity contribution in [2.45, 2.75) is 31.8 Å². The number of hydrogen-bond acceptors (Lipinski definition) is 2. The lowest BCUT2D eigenvalue weighted by Gasteiger charge is -2.04. The van der Waals surface area contributed by atoms with Gasteiger partial charge in [0.15, 0.2) is 5.78 Å². The summed E-state index contributed by atoms with van der Waals surface area (Å²) in [6.07, 6.45) is 0. The molecule has 1 N–H and O–H groups in total. The minimum atomic E-state index is 0.0531. The highest BCUT2D eigenvalue weighted by molar-refractivity contribution is 6.08. The Hall–Kier alpha value is -1.15.